The molecule has 2 aliphatic rings. The van der Waals surface area contributed by atoms with Gasteiger partial charge in [0.25, 0.3) is 0 Å². The average molecular weight is 391 g/mol. The molecule has 1 aromatic heterocycles. The molecule has 0 radical (unpaired) electrons. The maximum absolute atomic E-state index is 12.7. The second-order valence-corrected chi connectivity index (χ2v) is 8.48. The number of hydrogen-bond donors (Lipinski definition) is 2. The first-order valence-corrected chi connectivity index (χ1v) is 10.3. The van der Waals surface area contributed by atoms with Gasteiger partial charge in [-0.05, 0) is 55.0 Å². The molecule has 0 aliphatic carbocycles. The number of benzene rings is 1. The molecule has 2 aromatic rings. The molecule has 3 nitrogen and oxygen atoms in total. The lowest BCUT2D eigenvalue weighted by Crippen LogP contribution is -2.40. The summed E-state index contributed by atoms with van der Waals surface area (Å²) in [5.41, 5.74) is 1.26. The highest BCUT2D eigenvalue weighted by Gasteiger charge is 2.34. The van der Waals surface area contributed by atoms with Crippen molar-refractivity contribution in [3.8, 4) is 0 Å². The van der Waals surface area contributed by atoms with Crippen molar-refractivity contribution in [1.29, 1.82) is 0 Å². The number of halogens is 1. The fourth-order valence-electron chi connectivity index (χ4n) is 4.42. The minimum atomic E-state index is 0. The van der Waals surface area contributed by atoms with Gasteiger partial charge in [0.15, 0.2) is 0 Å². The molecule has 1 amide bonds. The van der Waals surface area contributed by atoms with Crippen LogP contribution in [0.1, 0.15) is 48.6 Å². The number of amides is 1. The summed E-state index contributed by atoms with van der Waals surface area (Å²) in [5, 5.41) is 9.06. The topological polar surface area (TPSA) is 41.1 Å². The Morgan fingerprint density at radius 3 is 2.50 bits per heavy atom. The highest BCUT2D eigenvalue weighted by atomic mass is 35.5. The minimum absolute atomic E-state index is 0. The molecular weight excluding hydrogens is 364 g/mol. The lowest BCUT2D eigenvalue weighted by atomic mass is 9.89. The molecule has 3 atom stereocenters. The fourth-order valence-corrected chi connectivity index (χ4v) is 5.20. The molecule has 0 spiro atoms. The molecule has 4 rings (SSSR count). The van der Waals surface area contributed by atoms with E-state index in [1.807, 2.05) is 6.07 Å². The molecule has 3 heterocycles. The number of nitrogens with one attached hydrogen (secondary N) is 2. The maximum Gasteiger partial charge on any atom is 0.220 e. The third-order valence-corrected chi connectivity index (χ3v) is 6.54. The molecular formula is C21H27ClN2OS. The Kier molecular flexibility index (Phi) is 6.74. The van der Waals surface area contributed by atoms with Gasteiger partial charge in [0.05, 0.1) is 6.04 Å². The maximum atomic E-state index is 12.7. The van der Waals surface area contributed by atoms with E-state index in [0.717, 1.165) is 19.3 Å². The summed E-state index contributed by atoms with van der Waals surface area (Å²) in [6, 6.07) is 16.0. The lowest BCUT2D eigenvalue weighted by molar-refractivity contribution is -0.123. The van der Waals surface area contributed by atoms with Crippen molar-refractivity contribution in [3.05, 3.63) is 58.3 Å². The van der Waals surface area contributed by atoms with Crippen LogP contribution in [0.15, 0.2) is 47.8 Å². The van der Waals surface area contributed by atoms with Crippen LogP contribution >= 0.6 is 23.7 Å². The first-order chi connectivity index (χ1) is 12.3. The van der Waals surface area contributed by atoms with Gasteiger partial charge in [-0.3, -0.25) is 4.79 Å². The Morgan fingerprint density at radius 1 is 1.12 bits per heavy atom. The summed E-state index contributed by atoms with van der Waals surface area (Å²) in [7, 11) is 0. The first kappa shape index (κ1) is 19.4. The van der Waals surface area contributed by atoms with Crippen LogP contribution in [0.25, 0.3) is 0 Å². The van der Waals surface area contributed by atoms with E-state index < -0.39 is 0 Å². The van der Waals surface area contributed by atoms with Crippen LogP contribution in [-0.2, 0) is 11.2 Å². The molecule has 3 unspecified atom stereocenters. The second kappa shape index (κ2) is 9.03. The molecule has 0 saturated carbocycles. The number of hydrogen-bond acceptors (Lipinski definition) is 3. The van der Waals surface area contributed by atoms with Crippen LogP contribution in [0.3, 0.4) is 0 Å². The van der Waals surface area contributed by atoms with Crippen LogP contribution in [0.2, 0.25) is 0 Å². The largest absolute Gasteiger partial charge is 0.348 e. The Bertz CT molecular complexity index is 679. The van der Waals surface area contributed by atoms with E-state index in [-0.39, 0.29) is 24.4 Å². The SMILES string of the molecule is Cl.O=C(CC1CC2CCC(C1)N2)NC(Cc1ccccc1)c1cccs1. The van der Waals surface area contributed by atoms with Crippen molar-refractivity contribution < 1.29 is 4.79 Å². The number of carbonyl (C=O) groups is 1. The summed E-state index contributed by atoms with van der Waals surface area (Å²) in [4.78, 5) is 14.0. The smallest absolute Gasteiger partial charge is 0.220 e. The van der Waals surface area contributed by atoms with E-state index in [1.165, 1.54) is 23.3 Å². The van der Waals surface area contributed by atoms with E-state index in [2.05, 4.69) is 52.4 Å². The fraction of sp³-hybridized carbons (Fsp3) is 0.476. The zero-order valence-corrected chi connectivity index (χ0v) is 16.5. The third-order valence-electron chi connectivity index (χ3n) is 5.55. The Labute approximate surface area is 166 Å². The lowest BCUT2D eigenvalue weighted by Gasteiger charge is -2.29. The van der Waals surface area contributed by atoms with Gasteiger partial charge in [-0.25, -0.2) is 0 Å². The molecule has 5 heteroatoms. The standard InChI is InChI=1S/C21H26N2OS.ClH/c24-21(14-16-11-17-8-9-18(12-16)22-17)23-19(20-7-4-10-25-20)13-15-5-2-1-3-6-15;/h1-7,10,16-19,22H,8-9,11-14H2,(H,23,24);1H. The summed E-state index contributed by atoms with van der Waals surface area (Å²) in [6.45, 7) is 0. The highest BCUT2D eigenvalue weighted by molar-refractivity contribution is 7.10. The van der Waals surface area contributed by atoms with E-state index in [4.69, 9.17) is 0 Å². The van der Waals surface area contributed by atoms with Crippen LogP contribution in [0, 0.1) is 5.92 Å². The quantitative estimate of drug-likeness (QED) is 0.762. The highest BCUT2D eigenvalue weighted by Crippen LogP contribution is 2.33. The van der Waals surface area contributed by atoms with Crippen LogP contribution < -0.4 is 10.6 Å². The molecule has 2 fully saturated rings. The van der Waals surface area contributed by atoms with Crippen molar-refractivity contribution in [2.24, 2.45) is 5.92 Å². The van der Waals surface area contributed by atoms with Crippen molar-refractivity contribution >= 4 is 29.7 Å². The molecule has 1 aromatic carbocycles. The predicted octanol–water partition coefficient (Wildman–Crippen LogP) is 4.49. The zero-order chi connectivity index (χ0) is 17.1. The van der Waals surface area contributed by atoms with Gasteiger partial charge in [0, 0.05) is 23.4 Å². The van der Waals surface area contributed by atoms with Gasteiger partial charge in [-0.15, -0.1) is 23.7 Å². The monoisotopic (exact) mass is 390 g/mol. The van der Waals surface area contributed by atoms with Gasteiger partial charge in [-0.2, -0.15) is 0 Å². The van der Waals surface area contributed by atoms with Crippen molar-refractivity contribution in [2.75, 3.05) is 0 Å². The molecule has 2 bridgehead atoms. The Morgan fingerprint density at radius 2 is 1.85 bits per heavy atom. The van der Waals surface area contributed by atoms with Crippen LogP contribution in [-0.4, -0.2) is 18.0 Å². The number of piperidine rings is 1. The molecule has 2 saturated heterocycles. The normalized spacial score (nSPS) is 25.3. The van der Waals surface area contributed by atoms with Crippen LogP contribution in [0.5, 0.6) is 0 Å². The van der Waals surface area contributed by atoms with Gasteiger partial charge in [-0.1, -0.05) is 36.4 Å². The number of thiophene rings is 1. The zero-order valence-electron chi connectivity index (χ0n) is 14.9. The van der Waals surface area contributed by atoms with E-state index in [1.54, 1.807) is 11.3 Å². The van der Waals surface area contributed by atoms with E-state index in [0.29, 0.717) is 24.4 Å². The van der Waals surface area contributed by atoms with Crippen LogP contribution in [0.4, 0.5) is 0 Å². The molecule has 26 heavy (non-hydrogen) atoms. The number of carbonyl (C=O) groups excluding carboxylic acids is 1. The third kappa shape index (κ3) is 4.87. The summed E-state index contributed by atoms with van der Waals surface area (Å²) < 4.78 is 0. The van der Waals surface area contributed by atoms with Gasteiger partial charge in [0.1, 0.15) is 0 Å². The van der Waals surface area contributed by atoms with Gasteiger partial charge < -0.3 is 10.6 Å². The van der Waals surface area contributed by atoms with Crippen molar-refractivity contribution in [2.45, 2.75) is 56.7 Å². The number of fused-ring (bicyclic) bond motifs is 2. The first-order valence-electron chi connectivity index (χ1n) is 9.39. The Balaban J connectivity index is 0.00000196. The number of rotatable bonds is 6. The Hall–Kier alpha value is -1.36. The van der Waals surface area contributed by atoms with Gasteiger partial charge in [0.2, 0.25) is 5.91 Å². The summed E-state index contributed by atoms with van der Waals surface area (Å²) >= 11 is 1.72. The molecule has 140 valence electrons. The summed E-state index contributed by atoms with van der Waals surface area (Å²) in [5.74, 6) is 0.750. The molecule has 2 N–H and O–H groups in total. The van der Waals surface area contributed by atoms with E-state index >= 15 is 0 Å². The summed E-state index contributed by atoms with van der Waals surface area (Å²) in [6.07, 6.45) is 6.41. The van der Waals surface area contributed by atoms with Crippen molar-refractivity contribution in [3.63, 3.8) is 0 Å². The minimum Gasteiger partial charge on any atom is -0.348 e. The van der Waals surface area contributed by atoms with Crippen molar-refractivity contribution in [1.82, 2.24) is 10.6 Å². The van der Waals surface area contributed by atoms with Gasteiger partial charge >= 0.3 is 0 Å². The predicted molar refractivity (Wildman–Crippen MR) is 110 cm³/mol. The molecule has 2 aliphatic heterocycles. The second-order valence-electron chi connectivity index (χ2n) is 7.50. The average Bonchev–Trinajstić information content (AvgIpc) is 3.25. The van der Waals surface area contributed by atoms with E-state index in [9.17, 15) is 4.79 Å².